The molecular weight excluding hydrogens is 338 g/mol. The van der Waals surface area contributed by atoms with Crippen LogP contribution in [0.15, 0.2) is 38.9 Å². The quantitative estimate of drug-likeness (QED) is 0.685. The first-order valence-corrected chi connectivity index (χ1v) is 8.95. The van der Waals surface area contributed by atoms with E-state index in [9.17, 15) is 9.59 Å². The van der Waals surface area contributed by atoms with Crippen LogP contribution in [0.2, 0.25) is 0 Å². The number of anilines is 1. The van der Waals surface area contributed by atoms with Gasteiger partial charge in [-0.3, -0.25) is 4.79 Å². The van der Waals surface area contributed by atoms with Crippen molar-refractivity contribution in [2.24, 2.45) is 5.73 Å². The van der Waals surface area contributed by atoms with Crippen molar-refractivity contribution >= 4 is 33.9 Å². The summed E-state index contributed by atoms with van der Waals surface area (Å²) in [6.45, 7) is 5.93. The van der Waals surface area contributed by atoms with Crippen molar-refractivity contribution in [1.82, 2.24) is 4.98 Å². The molecule has 3 aromatic rings. The maximum atomic E-state index is 12.4. The molecule has 0 fully saturated rings. The zero-order chi connectivity index (χ0) is 18.0. The predicted molar refractivity (Wildman–Crippen MR) is 100 cm³/mol. The van der Waals surface area contributed by atoms with Gasteiger partial charge in [0.1, 0.15) is 10.6 Å². The lowest BCUT2D eigenvalue weighted by molar-refractivity contribution is -0.117. The number of aromatic nitrogens is 1. The van der Waals surface area contributed by atoms with Gasteiger partial charge in [-0.25, -0.2) is 9.78 Å². The Morgan fingerprint density at radius 3 is 2.72 bits per heavy atom. The van der Waals surface area contributed by atoms with Gasteiger partial charge in [-0.15, -0.1) is 11.3 Å². The Morgan fingerprint density at radius 1 is 1.28 bits per heavy atom. The molecule has 1 aromatic carbocycles. The van der Waals surface area contributed by atoms with Crippen LogP contribution in [-0.4, -0.2) is 24.0 Å². The highest BCUT2D eigenvalue weighted by atomic mass is 32.1. The van der Waals surface area contributed by atoms with Crippen molar-refractivity contribution in [2.45, 2.75) is 20.3 Å². The second kappa shape index (κ2) is 7.06. The van der Waals surface area contributed by atoms with Crippen LogP contribution in [0.1, 0.15) is 18.9 Å². The summed E-state index contributed by atoms with van der Waals surface area (Å²) in [6, 6.07) is 7.61. The Bertz CT molecular complexity index is 973. The van der Waals surface area contributed by atoms with Gasteiger partial charge < -0.3 is 15.1 Å². The number of thiazole rings is 1. The molecule has 25 heavy (non-hydrogen) atoms. The van der Waals surface area contributed by atoms with Gasteiger partial charge in [-0.1, -0.05) is 0 Å². The summed E-state index contributed by atoms with van der Waals surface area (Å²) in [5, 5.41) is 3.15. The number of rotatable bonds is 6. The van der Waals surface area contributed by atoms with Crippen LogP contribution in [0.4, 0.5) is 5.69 Å². The van der Waals surface area contributed by atoms with Gasteiger partial charge >= 0.3 is 5.63 Å². The number of nitrogens with two attached hydrogens (primary N) is 1. The van der Waals surface area contributed by atoms with Crippen LogP contribution in [-0.2, 0) is 11.2 Å². The van der Waals surface area contributed by atoms with Crippen molar-refractivity contribution in [1.29, 1.82) is 0 Å². The molecule has 0 bridgehead atoms. The first kappa shape index (κ1) is 17.2. The molecule has 0 saturated heterocycles. The minimum Gasteiger partial charge on any atom is -0.422 e. The Balaban J connectivity index is 2.02. The Morgan fingerprint density at radius 2 is 2.04 bits per heavy atom. The molecule has 0 radical (unpaired) electrons. The average molecular weight is 357 g/mol. The van der Waals surface area contributed by atoms with Gasteiger partial charge in [0.15, 0.2) is 0 Å². The van der Waals surface area contributed by atoms with Gasteiger partial charge in [0.25, 0.3) is 0 Å². The van der Waals surface area contributed by atoms with Crippen LogP contribution < -0.4 is 16.3 Å². The van der Waals surface area contributed by atoms with E-state index < -0.39 is 11.5 Å². The zero-order valence-corrected chi connectivity index (χ0v) is 14.9. The van der Waals surface area contributed by atoms with E-state index in [1.54, 1.807) is 11.4 Å². The summed E-state index contributed by atoms with van der Waals surface area (Å²) in [5.74, 6) is -0.449. The van der Waals surface area contributed by atoms with Crippen molar-refractivity contribution in [3.63, 3.8) is 0 Å². The smallest absolute Gasteiger partial charge is 0.345 e. The normalized spacial score (nSPS) is 11.0. The van der Waals surface area contributed by atoms with Gasteiger partial charge in [0.2, 0.25) is 5.91 Å². The molecule has 0 unspecified atom stereocenters. The number of primary amides is 1. The maximum Gasteiger partial charge on any atom is 0.345 e. The van der Waals surface area contributed by atoms with Crippen LogP contribution in [0.3, 0.4) is 0 Å². The molecule has 3 rings (SSSR count). The second-order valence-corrected chi connectivity index (χ2v) is 6.55. The molecule has 1 amide bonds. The molecule has 0 saturated carbocycles. The molecule has 2 aromatic heterocycles. The van der Waals surface area contributed by atoms with Gasteiger partial charge in [0, 0.05) is 35.6 Å². The van der Waals surface area contributed by atoms with E-state index in [4.69, 9.17) is 10.2 Å². The third-order valence-corrected chi connectivity index (χ3v) is 4.85. The molecule has 7 heteroatoms. The second-order valence-electron chi connectivity index (χ2n) is 5.61. The third kappa shape index (κ3) is 3.56. The van der Waals surface area contributed by atoms with E-state index in [2.05, 4.69) is 23.7 Å². The van der Waals surface area contributed by atoms with Crippen LogP contribution >= 0.6 is 11.3 Å². The van der Waals surface area contributed by atoms with Crippen molar-refractivity contribution < 1.29 is 9.21 Å². The Labute approximate surface area is 148 Å². The lowest BCUT2D eigenvalue weighted by Gasteiger charge is -2.20. The van der Waals surface area contributed by atoms with E-state index in [0.29, 0.717) is 21.8 Å². The maximum absolute atomic E-state index is 12.4. The minimum absolute atomic E-state index is 0.0663. The Kier molecular flexibility index (Phi) is 4.85. The molecule has 0 aliphatic heterocycles. The van der Waals surface area contributed by atoms with E-state index in [0.717, 1.165) is 24.2 Å². The van der Waals surface area contributed by atoms with E-state index in [1.807, 2.05) is 18.2 Å². The number of carbonyl (C=O) groups excluding carboxylic acids is 1. The van der Waals surface area contributed by atoms with Gasteiger partial charge in [-0.05, 0) is 32.0 Å². The average Bonchev–Trinajstić information content (AvgIpc) is 3.02. The van der Waals surface area contributed by atoms with E-state index in [-0.39, 0.29) is 6.42 Å². The highest BCUT2D eigenvalue weighted by molar-refractivity contribution is 7.10. The summed E-state index contributed by atoms with van der Waals surface area (Å²) in [6.07, 6.45) is 0.0663. The van der Waals surface area contributed by atoms with Gasteiger partial charge in [-0.2, -0.15) is 0 Å². The van der Waals surface area contributed by atoms with E-state index in [1.165, 1.54) is 11.3 Å². The first-order valence-electron chi connectivity index (χ1n) is 8.07. The molecule has 6 nitrogen and oxygen atoms in total. The summed E-state index contributed by atoms with van der Waals surface area (Å²) < 4.78 is 5.51. The van der Waals surface area contributed by atoms with Gasteiger partial charge in [0.05, 0.1) is 17.7 Å². The molecule has 0 aliphatic rings. The highest BCUT2D eigenvalue weighted by Crippen LogP contribution is 2.26. The largest absolute Gasteiger partial charge is 0.422 e. The first-order chi connectivity index (χ1) is 12.0. The number of hydrogen-bond donors (Lipinski definition) is 1. The number of nitrogens with zero attached hydrogens (tertiary/aromatic N) is 2. The summed E-state index contributed by atoms with van der Waals surface area (Å²) in [7, 11) is 0. The van der Waals surface area contributed by atoms with Crippen molar-refractivity contribution in [3.05, 3.63) is 45.1 Å². The van der Waals surface area contributed by atoms with Crippen molar-refractivity contribution in [2.75, 3.05) is 18.0 Å². The zero-order valence-electron chi connectivity index (χ0n) is 14.1. The fraction of sp³-hybridized carbons (Fsp3) is 0.278. The molecule has 0 aliphatic carbocycles. The molecule has 0 spiro atoms. The predicted octanol–water partition coefficient (Wildman–Crippen LogP) is 2.79. The lowest BCUT2D eigenvalue weighted by Crippen LogP contribution is -2.21. The summed E-state index contributed by atoms with van der Waals surface area (Å²) in [4.78, 5) is 29.9. The van der Waals surface area contributed by atoms with Crippen molar-refractivity contribution in [3.8, 4) is 11.3 Å². The third-order valence-electron chi connectivity index (χ3n) is 4.00. The number of carbonyl (C=O) groups is 1. The standard InChI is InChI=1S/C18H19N3O3S/c1-3-21(4-2)12-6-5-11-7-13(18(23)24-15(11)8-12)14-10-25-17(20-14)9-16(19)22/h5-8,10H,3-4,9H2,1-2H3,(H2,19,22). The van der Waals surface area contributed by atoms with Crippen LogP contribution in [0.5, 0.6) is 0 Å². The molecular formula is C18H19N3O3S. The Hall–Kier alpha value is -2.67. The lowest BCUT2D eigenvalue weighted by atomic mass is 10.1. The number of benzene rings is 1. The number of amides is 1. The van der Waals surface area contributed by atoms with Crippen LogP contribution in [0.25, 0.3) is 22.2 Å². The molecule has 2 N–H and O–H groups in total. The fourth-order valence-corrected chi connectivity index (χ4v) is 3.53. The SMILES string of the molecule is CCN(CC)c1ccc2cc(-c3csc(CC(N)=O)n3)c(=O)oc2c1. The number of fused-ring (bicyclic) bond motifs is 1. The fourth-order valence-electron chi connectivity index (χ4n) is 2.73. The van der Waals surface area contributed by atoms with E-state index >= 15 is 0 Å². The minimum atomic E-state index is -0.449. The molecule has 0 atom stereocenters. The topological polar surface area (TPSA) is 89.4 Å². The molecule has 130 valence electrons. The monoisotopic (exact) mass is 357 g/mol. The highest BCUT2D eigenvalue weighted by Gasteiger charge is 2.13. The summed E-state index contributed by atoms with van der Waals surface area (Å²) >= 11 is 1.30. The number of hydrogen-bond acceptors (Lipinski definition) is 6. The molecule has 2 heterocycles. The van der Waals surface area contributed by atoms with Crippen LogP contribution in [0, 0.1) is 0 Å². The summed E-state index contributed by atoms with van der Waals surface area (Å²) in [5.41, 5.74) is 7.19.